The van der Waals surface area contributed by atoms with E-state index in [2.05, 4.69) is 25.3 Å². The molecule has 0 aromatic carbocycles. The lowest BCUT2D eigenvalue weighted by atomic mass is 9.68. The van der Waals surface area contributed by atoms with E-state index in [-0.39, 0.29) is 0 Å². The minimum Gasteiger partial charge on any atom is -0.103 e. The summed E-state index contributed by atoms with van der Waals surface area (Å²) in [5.74, 6) is 4.15. The Morgan fingerprint density at radius 2 is 0.950 bits per heavy atom. The summed E-state index contributed by atoms with van der Waals surface area (Å²) in [4.78, 5) is 0. The summed E-state index contributed by atoms with van der Waals surface area (Å²) in [5.41, 5.74) is 0. The van der Waals surface area contributed by atoms with Gasteiger partial charge in [-0.15, -0.1) is 13.2 Å². The molecule has 0 heteroatoms. The monoisotopic (exact) mass is 274 g/mol. The maximum absolute atomic E-state index is 3.86. The molecular formula is C20H34. The number of hydrogen-bond donors (Lipinski definition) is 0. The summed E-state index contributed by atoms with van der Waals surface area (Å²) in [6.07, 6.45) is 21.5. The molecule has 0 saturated heterocycles. The zero-order valence-corrected chi connectivity index (χ0v) is 13.4. The van der Waals surface area contributed by atoms with Crippen LogP contribution in [0.25, 0.3) is 0 Å². The third kappa shape index (κ3) is 4.79. The van der Waals surface area contributed by atoms with E-state index in [9.17, 15) is 0 Å². The molecule has 0 bridgehead atoms. The molecule has 2 saturated carbocycles. The van der Waals surface area contributed by atoms with Gasteiger partial charge < -0.3 is 0 Å². The quantitative estimate of drug-likeness (QED) is 0.463. The Bertz CT molecular complexity index is 244. The first kappa shape index (κ1) is 15.9. The molecule has 2 aliphatic rings. The topological polar surface area (TPSA) is 0 Å². The van der Waals surface area contributed by atoms with Crippen LogP contribution in [0.1, 0.15) is 77.0 Å². The number of hydrogen-bond acceptors (Lipinski definition) is 0. The normalized spacial score (nSPS) is 34.6. The van der Waals surface area contributed by atoms with E-state index in [4.69, 9.17) is 0 Å². The molecule has 0 atom stereocenters. The van der Waals surface area contributed by atoms with Crippen molar-refractivity contribution in [2.75, 3.05) is 0 Å². The van der Waals surface area contributed by atoms with Crippen LogP contribution in [0.5, 0.6) is 0 Å². The van der Waals surface area contributed by atoms with Crippen LogP contribution in [0, 0.1) is 23.7 Å². The molecule has 0 N–H and O–H groups in total. The van der Waals surface area contributed by atoms with E-state index in [0.29, 0.717) is 0 Å². The Morgan fingerprint density at radius 1 is 0.600 bits per heavy atom. The van der Waals surface area contributed by atoms with Crippen LogP contribution in [0.3, 0.4) is 0 Å². The standard InChI is InChI=1S/C20H34/c1-3-5-7-17-9-13-19(14-10-17)20-15-11-18(12-16-20)8-6-4-2/h3-4,17-20H,1-2,5-16H2. The highest BCUT2D eigenvalue weighted by molar-refractivity contribution is 4.83. The minimum absolute atomic E-state index is 1.01. The van der Waals surface area contributed by atoms with Crippen LogP contribution >= 0.6 is 0 Å². The van der Waals surface area contributed by atoms with Gasteiger partial charge in [-0.1, -0.05) is 37.8 Å². The third-order valence-corrected chi connectivity index (χ3v) is 6.01. The van der Waals surface area contributed by atoms with Crippen LogP contribution in [0.2, 0.25) is 0 Å². The number of rotatable bonds is 7. The molecule has 0 nitrogen and oxygen atoms in total. The number of allylic oxidation sites excluding steroid dienone is 2. The van der Waals surface area contributed by atoms with Crippen molar-refractivity contribution in [3.63, 3.8) is 0 Å². The highest BCUT2D eigenvalue weighted by Gasteiger charge is 2.30. The van der Waals surface area contributed by atoms with Crippen LogP contribution in [0.4, 0.5) is 0 Å². The summed E-state index contributed by atoms with van der Waals surface area (Å²) in [6, 6.07) is 0. The van der Waals surface area contributed by atoms with Crippen molar-refractivity contribution >= 4 is 0 Å². The van der Waals surface area contributed by atoms with Crippen molar-refractivity contribution in [3.05, 3.63) is 25.3 Å². The molecule has 0 radical (unpaired) electrons. The molecule has 0 amide bonds. The van der Waals surface area contributed by atoms with E-state index in [1.165, 1.54) is 77.0 Å². The van der Waals surface area contributed by atoms with Crippen molar-refractivity contribution in [3.8, 4) is 0 Å². The fourth-order valence-corrected chi connectivity index (χ4v) is 4.60. The van der Waals surface area contributed by atoms with Gasteiger partial charge in [-0.2, -0.15) is 0 Å². The van der Waals surface area contributed by atoms with E-state index in [1.54, 1.807) is 0 Å². The first-order chi connectivity index (χ1) is 9.83. The van der Waals surface area contributed by atoms with E-state index in [0.717, 1.165) is 23.7 Å². The van der Waals surface area contributed by atoms with Crippen LogP contribution in [-0.4, -0.2) is 0 Å². The second-order valence-corrected chi connectivity index (χ2v) is 7.29. The lowest BCUT2D eigenvalue weighted by molar-refractivity contribution is 0.142. The summed E-state index contributed by atoms with van der Waals surface area (Å²) in [5, 5.41) is 0. The van der Waals surface area contributed by atoms with Crippen LogP contribution in [-0.2, 0) is 0 Å². The lowest BCUT2D eigenvalue weighted by Gasteiger charge is -2.38. The molecule has 114 valence electrons. The predicted molar refractivity (Wildman–Crippen MR) is 89.8 cm³/mol. The molecular weight excluding hydrogens is 240 g/mol. The Labute approximate surface area is 126 Å². The van der Waals surface area contributed by atoms with Gasteiger partial charge in [0.1, 0.15) is 0 Å². The highest BCUT2D eigenvalue weighted by atomic mass is 14.4. The van der Waals surface area contributed by atoms with Gasteiger partial charge in [0.15, 0.2) is 0 Å². The Kier molecular flexibility index (Phi) is 6.90. The SMILES string of the molecule is C=CCCC1CCC(C2CCC(CCC=C)CC2)CC1. The summed E-state index contributed by atoms with van der Waals surface area (Å²) >= 11 is 0. The average molecular weight is 274 g/mol. The van der Waals surface area contributed by atoms with Crippen LogP contribution < -0.4 is 0 Å². The van der Waals surface area contributed by atoms with E-state index in [1.807, 2.05) is 0 Å². The fraction of sp³-hybridized carbons (Fsp3) is 0.800. The van der Waals surface area contributed by atoms with Gasteiger partial charge in [0.25, 0.3) is 0 Å². The largest absolute Gasteiger partial charge is 0.103 e. The molecule has 0 aromatic heterocycles. The van der Waals surface area contributed by atoms with Crippen LogP contribution in [0.15, 0.2) is 25.3 Å². The van der Waals surface area contributed by atoms with Crippen molar-refractivity contribution in [1.82, 2.24) is 0 Å². The Morgan fingerprint density at radius 3 is 1.25 bits per heavy atom. The molecule has 0 heterocycles. The second kappa shape index (κ2) is 8.70. The van der Waals surface area contributed by atoms with Crippen molar-refractivity contribution in [2.45, 2.75) is 77.0 Å². The van der Waals surface area contributed by atoms with Gasteiger partial charge in [0, 0.05) is 0 Å². The molecule has 0 spiro atoms. The molecule has 2 fully saturated rings. The van der Waals surface area contributed by atoms with E-state index < -0.39 is 0 Å². The predicted octanol–water partition coefficient (Wildman–Crippen LogP) is 6.53. The molecule has 0 aromatic rings. The third-order valence-electron chi connectivity index (χ3n) is 6.01. The second-order valence-electron chi connectivity index (χ2n) is 7.29. The molecule has 0 aliphatic heterocycles. The molecule has 20 heavy (non-hydrogen) atoms. The Hall–Kier alpha value is -0.520. The summed E-state index contributed by atoms with van der Waals surface area (Å²) in [7, 11) is 0. The molecule has 2 rings (SSSR count). The first-order valence-corrected chi connectivity index (χ1v) is 9.05. The fourth-order valence-electron chi connectivity index (χ4n) is 4.60. The smallest absolute Gasteiger partial charge is 0.0351 e. The first-order valence-electron chi connectivity index (χ1n) is 9.05. The Balaban J connectivity index is 1.65. The highest BCUT2D eigenvalue weighted by Crippen LogP contribution is 2.42. The minimum atomic E-state index is 1.01. The molecule has 2 aliphatic carbocycles. The van der Waals surface area contributed by atoms with Gasteiger partial charge in [0.05, 0.1) is 0 Å². The van der Waals surface area contributed by atoms with Crippen molar-refractivity contribution in [2.24, 2.45) is 23.7 Å². The van der Waals surface area contributed by atoms with Gasteiger partial charge >= 0.3 is 0 Å². The lowest BCUT2D eigenvalue weighted by Crippen LogP contribution is -2.25. The zero-order valence-electron chi connectivity index (χ0n) is 13.4. The van der Waals surface area contributed by atoms with Gasteiger partial charge in [0.2, 0.25) is 0 Å². The van der Waals surface area contributed by atoms with Gasteiger partial charge in [-0.05, 0) is 75.0 Å². The van der Waals surface area contributed by atoms with Gasteiger partial charge in [-0.3, -0.25) is 0 Å². The van der Waals surface area contributed by atoms with Crippen molar-refractivity contribution < 1.29 is 0 Å². The maximum atomic E-state index is 3.86. The van der Waals surface area contributed by atoms with E-state index >= 15 is 0 Å². The maximum Gasteiger partial charge on any atom is -0.0351 e. The average Bonchev–Trinajstić information content (AvgIpc) is 2.52. The summed E-state index contributed by atoms with van der Waals surface area (Å²) < 4.78 is 0. The van der Waals surface area contributed by atoms with Crippen molar-refractivity contribution in [1.29, 1.82) is 0 Å². The zero-order chi connectivity index (χ0) is 14.2. The summed E-state index contributed by atoms with van der Waals surface area (Å²) in [6.45, 7) is 7.71. The van der Waals surface area contributed by atoms with Gasteiger partial charge in [-0.25, -0.2) is 0 Å². The molecule has 0 unspecified atom stereocenters.